The molecule has 0 aliphatic rings. The lowest BCUT2D eigenvalue weighted by atomic mass is 10.2. The fraction of sp³-hybridized carbons (Fsp3) is 0.133. The number of benzene rings is 2. The molecule has 5 heteroatoms. The van der Waals surface area contributed by atoms with E-state index in [2.05, 4.69) is 27.0 Å². The zero-order chi connectivity index (χ0) is 13.9. The fourth-order valence-corrected chi connectivity index (χ4v) is 3.78. The third kappa shape index (κ3) is 2.82. The number of halogens is 2. The number of thiazole rings is 1. The smallest absolute Gasteiger partial charge is 0.140 e. The molecule has 1 aromatic heterocycles. The summed E-state index contributed by atoms with van der Waals surface area (Å²) in [5, 5.41) is 2.34. The van der Waals surface area contributed by atoms with Crippen LogP contribution in [0.1, 0.15) is 10.6 Å². The molecule has 2 aromatic carbocycles. The van der Waals surface area contributed by atoms with Crippen LogP contribution in [0, 0.1) is 0 Å². The van der Waals surface area contributed by atoms with Crippen LogP contribution in [0.4, 0.5) is 0 Å². The molecule has 0 radical (unpaired) electrons. The highest BCUT2D eigenvalue weighted by atomic mass is 79.9. The van der Waals surface area contributed by atoms with Crippen molar-refractivity contribution in [2.75, 3.05) is 0 Å². The molecule has 1 heterocycles. The Morgan fingerprint density at radius 1 is 1.15 bits per heavy atom. The van der Waals surface area contributed by atoms with E-state index in [-0.39, 0.29) is 0 Å². The van der Waals surface area contributed by atoms with Crippen molar-refractivity contribution in [1.82, 2.24) is 4.98 Å². The number of ether oxygens (including phenoxy) is 1. The summed E-state index contributed by atoms with van der Waals surface area (Å²) in [5.41, 5.74) is 1.98. The minimum Gasteiger partial charge on any atom is -0.486 e. The summed E-state index contributed by atoms with van der Waals surface area (Å²) in [6.07, 6.45) is 0. The van der Waals surface area contributed by atoms with E-state index in [0.29, 0.717) is 17.0 Å². The normalized spacial score (nSPS) is 10.9. The van der Waals surface area contributed by atoms with Crippen molar-refractivity contribution in [3.8, 4) is 5.75 Å². The van der Waals surface area contributed by atoms with Gasteiger partial charge >= 0.3 is 0 Å². The van der Waals surface area contributed by atoms with Crippen molar-refractivity contribution in [1.29, 1.82) is 0 Å². The Hall–Kier alpha value is -1.10. The first-order valence-corrected chi connectivity index (χ1v) is 8.40. The van der Waals surface area contributed by atoms with Gasteiger partial charge in [-0.25, -0.2) is 4.98 Å². The topological polar surface area (TPSA) is 22.1 Å². The number of hydrogen-bond acceptors (Lipinski definition) is 3. The summed E-state index contributed by atoms with van der Waals surface area (Å²) in [7, 11) is 0. The van der Waals surface area contributed by atoms with E-state index in [0.717, 1.165) is 21.8 Å². The van der Waals surface area contributed by atoms with Gasteiger partial charge in [-0.15, -0.1) is 11.3 Å². The molecule has 3 rings (SSSR count). The predicted molar refractivity (Wildman–Crippen MR) is 88.0 cm³/mol. The van der Waals surface area contributed by atoms with E-state index in [1.54, 1.807) is 11.3 Å². The van der Waals surface area contributed by atoms with Crippen LogP contribution in [0.2, 0.25) is 5.02 Å². The van der Waals surface area contributed by atoms with E-state index in [4.69, 9.17) is 16.3 Å². The molecule has 0 amide bonds. The van der Waals surface area contributed by atoms with Crippen molar-refractivity contribution < 1.29 is 4.74 Å². The molecule has 2 nitrogen and oxygen atoms in total. The van der Waals surface area contributed by atoms with Crippen LogP contribution in [-0.4, -0.2) is 4.98 Å². The molecular weight excluding hydrogens is 358 g/mol. The zero-order valence-corrected chi connectivity index (χ0v) is 13.6. The quantitative estimate of drug-likeness (QED) is 0.573. The summed E-state index contributed by atoms with van der Waals surface area (Å²) >= 11 is 11.2. The van der Waals surface area contributed by atoms with E-state index >= 15 is 0 Å². The molecule has 0 saturated heterocycles. The van der Waals surface area contributed by atoms with Gasteiger partial charge in [-0.05, 0) is 24.3 Å². The van der Waals surface area contributed by atoms with Gasteiger partial charge in [0, 0.05) is 15.9 Å². The first-order chi connectivity index (χ1) is 9.78. The molecule has 0 aliphatic heterocycles. The second-order valence-corrected chi connectivity index (χ2v) is 6.30. The van der Waals surface area contributed by atoms with Crippen LogP contribution < -0.4 is 4.74 Å². The third-order valence-corrected chi connectivity index (χ3v) is 4.82. The lowest BCUT2D eigenvalue weighted by molar-refractivity contribution is 0.303. The largest absolute Gasteiger partial charge is 0.486 e. The Balaban J connectivity index is 1.81. The minimum absolute atomic E-state index is 0.458. The third-order valence-electron chi connectivity index (χ3n) is 2.90. The Bertz CT molecular complexity index is 711. The molecule has 0 fully saturated rings. The van der Waals surface area contributed by atoms with E-state index in [1.165, 1.54) is 4.70 Å². The summed E-state index contributed by atoms with van der Waals surface area (Å²) in [6, 6.07) is 13.8. The predicted octanol–water partition coefficient (Wildman–Crippen LogP) is 5.42. The Kier molecular flexibility index (Phi) is 4.24. The average molecular weight is 369 g/mol. The number of para-hydroxylation sites is 1. The number of aromatic nitrogens is 1. The van der Waals surface area contributed by atoms with Crippen LogP contribution in [0.5, 0.6) is 5.75 Å². The van der Waals surface area contributed by atoms with Gasteiger partial charge in [0.15, 0.2) is 0 Å². The SMILES string of the molecule is Clc1cccc(OCc2nc3ccccc3s2)c1CBr. The van der Waals surface area contributed by atoms with E-state index < -0.39 is 0 Å². The van der Waals surface area contributed by atoms with E-state index in [9.17, 15) is 0 Å². The maximum Gasteiger partial charge on any atom is 0.140 e. The Morgan fingerprint density at radius 3 is 2.80 bits per heavy atom. The lowest BCUT2D eigenvalue weighted by Gasteiger charge is -2.09. The first-order valence-electron chi connectivity index (χ1n) is 6.08. The van der Waals surface area contributed by atoms with Crippen LogP contribution >= 0.6 is 38.9 Å². The molecule has 102 valence electrons. The number of alkyl halides is 1. The Morgan fingerprint density at radius 2 is 2.00 bits per heavy atom. The van der Waals surface area contributed by atoms with Crippen molar-refractivity contribution >= 4 is 49.1 Å². The maximum absolute atomic E-state index is 6.15. The number of rotatable bonds is 4. The summed E-state index contributed by atoms with van der Waals surface area (Å²) in [6.45, 7) is 0.458. The maximum atomic E-state index is 6.15. The van der Waals surface area contributed by atoms with Crippen LogP contribution in [-0.2, 0) is 11.9 Å². The van der Waals surface area contributed by atoms with Gasteiger partial charge < -0.3 is 4.74 Å². The highest BCUT2D eigenvalue weighted by Crippen LogP contribution is 2.30. The van der Waals surface area contributed by atoms with Gasteiger partial charge in [-0.1, -0.05) is 45.7 Å². The molecule has 0 atom stereocenters. The molecular formula is C15H11BrClNOS. The molecule has 0 saturated carbocycles. The average Bonchev–Trinajstić information content (AvgIpc) is 2.88. The monoisotopic (exact) mass is 367 g/mol. The van der Waals surface area contributed by atoms with Crippen LogP contribution in [0.3, 0.4) is 0 Å². The van der Waals surface area contributed by atoms with E-state index in [1.807, 2.05) is 36.4 Å². The highest BCUT2D eigenvalue weighted by molar-refractivity contribution is 9.08. The van der Waals surface area contributed by atoms with Gasteiger partial charge in [0.25, 0.3) is 0 Å². The fourth-order valence-electron chi connectivity index (χ4n) is 1.92. The first kappa shape index (κ1) is 13.9. The molecule has 20 heavy (non-hydrogen) atoms. The second kappa shape index (κ2) is 6.12. The number of nitrogens with zero attached hydrogens (tertiary/aromatic N) is 1. The van der Waals surface area contributed by atoms with Gasteiger partial charge in [0.05, 0.1) is 10.2 Å². The van der Waals surface area contributed by atoms with Crippen molar-refractivity contribution in [3.05, 3.63) is 58.1 Å². The lowest BCUT2D eigenvalue weighted by Crippen LogP contribution is -1.97. The van der Waals surface area contributed by atoms with Gasteiger partial charge in [0.1, 0.15) is 17.4 Å². The molecule has 3 aromatic rings. The minimum atomic E-state index is 0.458. The molecule has 0 bridgehead atoms. The Labute approximate surface area is 134 Å². The van der Waals surface area contributed by atoms with Crippen molar-refractivity contribution in [3.63, 3.8) is 0 Å². The summed E-state index contributed by atoms with van der Waals surface area (Å²) in [5.74, 6) is 0.800. The van der Waals surface area contributed by atoms with Crippen molar-refractivity contribution in [2.45, 2.75) is 11.9 Å². The zero-order valence-electron chi connectivity index (χ0n) is 10.5. The van der Waals surface area contributed by atoms with Crippen LogP contribution in [0.25, 0.3) is 10.2 Å². The molecule has 0 N–H and O–H groups in total. The summed E-state index contributed by atoms with van der Waals surface area (Å²) < 4.78 is 7.04. The molecule has 0 unspecified atom stereocenters. The summed E-state index contributed by atoms with van der Waals surface area (Å²) in [4.78, 5) is 4.55. The standard InChI is InChI=1S/C15H11BrClNOS/c16-8-10-11(17)4-3-6-13(10)19-9-15-18-12-5-1-2-7-14(12)20-15/h1-7H,8-9H2. The van der Waals surface area contributed by atoms with Gasteiger partial charge in [-0.2, -0.15) is 0 Å². The number of hydrogen-bond donors (Lipinski definition) is 0. The highest BCUT2D eigenvalue weighted by Gasteiger charge is 2.09. The number of fused-ring (bicyclic) bond motifs is 1. The van der Waals surface area contributed by atoms with Gasteiger partial charge in [-0.3, -0.25) is 0 Å². The molecule has 0 aliphatic carbocycles. The second-order valence-electron chi connectivity index (χ2n) is 4.21. The van der Waals surface area contributed by atoms with Crippen LogP contribution in [0.15, 0.2) is 42.5 Å². The molecule has 0 spiro atoms. The van der Waals surface area contributed by atoms with Gasteiger partial charge in [0.2, 0.25) is 0 Å². The van der Waals surface area contributed by atoms with Crippen molar-refractivity contribution in [2.24, 2.45) is 0 Å².